The summed E-state index contributed by atoms with van der Waals surface area (Å²) in [6.45, 7) is 0.190. The Labute approximate surface area is 121 Å². The number of carbonyl (C=O) groups excluding carboxylic acids is 1. The summed E-state index contributed by atoms with van der Waals surface area (Å²) >= 11 is 0. The summed E-state index contributed by atoms with van der Waals surface area (Å²) in [6, 6.07) is 3.58. The second kappa shape index (κ2) is 5.61. The molecule has 2 heterocycles. The second-order valence-corrected chi connectivity index (χ2v) is 5.29. The van der Waals surface area contributed by atoms with E-state index in [2.05, 4.69) is 20.4 Å². The van der Waals surface area contributed by atoms with Crippen LogP contribution in [0.1, 0.15) is 31.6 Å². The van der Waals surface area contributed by atoms with E-state index >= 15 is 0 Å². The number of pyridine rings is 1. The highest BCUT2D eigenvalue weighted by molar-refractivity contribution is 5.86. The molecular formula is C14H17N5O2. The van der Waals surface area contributed by atoms with Crippen molar-refractivity contribution in [3.05, 3.63) is 30.4 Å². The average Bonchev–Trinajstić information content (AvgIpc) is 3.15. The van der Waals surface area contributed by atoms with Crippen LogP contribution in [0.25, 0.3) is 11.4 Å². The lowest BCUT2D eigenvalue weighted by molar-refractivity contribution is -0.126. The van der Waals surface area contributed by atoms with E-state index in [1.54, 1.807) is 24.5 Å². The summed E-state index contributed by atoms with van der Waals surface area (Å²) < 4.78 is 5.13. The average molecular weight is 287 g/mol. The molecule has 1 fully saturated rings. The predicted octanol–water partition coefficient (Wildman–Crippen LogP) is 1.02. The van der Waals surface area contributed by atoms with Crippen molar-refractivity contribution in [1.82, 2.24) is 20.4 Å². The Morgan fingerprint density at radius 2 is 2.05 bits per heavy atom. The van der Waals surface area contributed by atoms with Gasteiger partial charge in [0.1, 0.15) is 0 Å². The van der Waals surface area contributed by atoms with Crippen LogP contribution in [0.2, 0.25) is 0 Å². The van der Waals surface area contributed by atoms with E-state index in [1.807, 2.05) is 0 Å². The zero-order valence-electron chi connectivity index (χ0n) is 11.6. The number of amides is 1. The second-order valence-electron chi connectivity index (χ2n) is 5.29. The van der Waals surface area contributed by atoms with Crippen molar-refractivity contribution in [2.75, 3.05) is 0 Å². The molecule has 0 aliphatic heterocycles. The third-order valence-electron chi connectivity index (χ3n) is 3.75. The first-order valence-corrected chi connectivity index (χ1v) is 6.97. The molecule has 3 rings (SSSR count). The van der Waals surface area contributed by atoms with Gasteiger partial charge in [-0.1, -0.05) is 18.0 Å². The lowest BCUT2D eigenvalue weighted by Gasteiger charge is -2.21. The lowest BCUT2D eigenvalue weighted by Crippen LogP contribution is -2.51. The molecule has 0 radical (unpaired) electrons. The van der Waals surface area contributed by atoms with Gasteiger partial charge in [-0.2, -0.15) is 4.98 Å². The van der Waals surface area contributed by atoms with Gasteiger partial charge in [0, 0.05) is 18.0 Å². The molecule has 1 aliphatic rings. The summed E-state index contributed by atoms with van der Waals surface area (Å²) in [4.78, 5) is 20.3. The van der Waals surface area contributed by atoms with Crippen LogP contribution in [0.5, 0.6) is 0 Å². The molecular weight excluding hydrogens is 270 g/mol. The van der Waals surface area contributed by atoms with Crippen molar-refractivity contribution in [3.63, 3.8) is 0 Å². The van der Waals surface area contributed by atoms with Gasteiger partial charge in [0.05, 0.1) is 12.1 Å². The SMILES string of the molecule is NC1(C(=O)NCc2nc(-c3ccncc3)no2)CCCC1. The standard InChI is InChI=1S/C14H17N5O2/c15-14(5-1-2-6-14)13(20)17-9-11-18-12(19-21-11)10-3-7-16-8-4-10/h3-4,7-8H,1-2,5-6,9,15H2,(H,17,20). The normalized spacial score (nSPS) is 16.8. The van der Waals surface area contributed by atoms with E-state index in [4.69, 9.17) is 10.3 Å². The van der Waals surface area contributed by atoms with Crippen molar-refractivity contribution in [2.24, 2.45) is 5.73 Å². The quantitative estimate of drug-likeness (QED) is 0.869. The summed E-state index contributed by atoms with van der Waals surface area (Å²) in [5.41, 5.74) is 6.15. The predicted molar refractivity (Wildman–Crippen MR) is 74.8 cm³/mol. The van der Waals surface area contributed by atoms with Gasteiger partial charge in [-0.25, -0.2) is 0 Å². The summed E-state index contributed by atoms with van der Waals surface area (Å²) in [5.74, 6) is 0.686. The zero-order valence-corrected chi connectivity index (χ0v) is 11.6. The van der Waals surface area contributed by atoms with Gasteiger partial charge in [0.15, 0.2) is 0 Å². The first kappa shape index (κ1) is 13.7. The van der Waals surface area contributed by atoms with Gasteiger partial charge in [-0.15, -0.1) is 0 Å². The highest BCUT2D eigenvalue weighted by Gasteiger charge is 2.36. The third kappa shape index (κ3) is 2.92. The van der Waals surface area contributed by atoms with Gasteiger partial charge < -0.3 is 15.6 Å². The minimum Gasteiger partial charge on any atom is -0.345 e. The number of hydrogen-bond donors (Lipinski definition) is 2. The van der Waals surface area contributed by atoms with Crippen LogP contribution in [0, 0.1) is 0 Å². The van der Waals surface area contributed by atoms with E-state index < -0.39 is 5.54 Å². The molecule has 110 valence electrons. The van der Waals surface area contributed by atoms with Gasteiger partial charge in [-0.3, -0.25) is 9.78 Å². The highest BCUT2D eigenvalue weighted by Crippen LogP contribution is 2.27. The first-order chi connectivity index (χ1) is 10.2. The van der Waals surface area contributed by atoms with Gasteiger partial charge in [0.25, 0.3) is 0 Å². The number of hydrogen-bond acceptors (Lipinski definition) is 6. The molecule has 0 saturated heterocycles. The van der Waals surface area contributed by atoms with Crippen molar-refractivity contribution in [2.45, 2.75) is 37.8 Å². The Hall–Kier alpha value is -2.28. The fourth-order valence-corrected chi connectivity index (χ4v) is 2.51. The van der Waals surface area contributed by atoms with Crippen molar-refractivity contribution in [1.29, 1.82) is 0 Å². The Morgan fingerprint density at radius 3 is 2.76 bits per heavy atom. The first-order valence-electron chi connectivity index (χ1n) is 6.97. The largest absolute Gasteiger partial charge is 0.345 e. The summed E-state index contributed by atoms with van der Waals surface area (Å²) in [6.07, 6.45) is 6.76. The molecule has 0 atom stereocenters. The Balaban J connectivity index is 1.62. The molecule has 1 aliphatic carbocycles. The molecule has 0 bridgehead atoms. The number of carbonyl (C=O) groups is 1. The molecule has 0 spiro atoms. The smallest absolute Gasteiger partial charge is 0.246 e. The van der Waals surface area contributed by atoms with Crippen molar-refractivity contribution in [3.8, 4) is 11.4 Å². The van der Waals surface area contributed by atoms with E-state index in [0.717, 1.165) is 31.2 Å². The lowest BCUT2D eigenvalue weighted by atomic mass is 9.98. The molecule has 1 saturated carbocycles. The van der Waals surface area contributed by atoms with E-state index in [1.165, 1.54) is 0 Å². The van der Waals surface area contributed by atoms with Crippen LogP contribution in [0.4, 0.5) is 0 Å². The van der Waals surface area contributed by atoms with Crippen LogP contribution in [0.15, 0.2) is 29.0 Å². The zero-order chi connectivity index (χ0) is 14.7. The topological polar surface area (TPSA) is 107 Å². The van der Waals surface area contributed by atoms with Crippen LogP contribution >= 0.6 is 0 Å². The monoisotopic (exact) mass is 287 g/mol. The van der Waals surface area contributed by atoms with Gasteiger partial charge in [0.2, 0.25) is 17.6 Å². The molecule has 0 aromatic carbocycles. The van der Waals surface area contributed by atoms with Crippen molar-refractivity contribution >= 4 is 5.91 Å². The van der Waals surface area contributed by atoms with Gasteiger partial charge in [-0.05, 0) is 25.0 Å². The number of rotatable bonds is 4. The summed E-state index contributed by atoms with van der Waals surface area (Å²) in [5, 5.41) is 6.66. The third-order valence-corrected chi connectivity index (χ3v) is 3.75. The molecule has 21 heavy (non-hydrogen) atoms. The number of nitrogens with one attached hydrogen (secondary N) is 1. The Kier molecular flexibility index (Phi) is 3.66. The van der Waals surface area contributed by atoms with E-state index in [-0.39, 0.29) is 12.5 Å². The number of nitrogens with zero attached hydrogens (tertiary/aromatic N) is 3. The Morgan fingerprint density at radius 1 is 1.33 bits per heavy atom. The number of nitrogens with two attached hydrogens (primary N) is 1. The van der Waals surface area contributed by atoms with Crippen LogP contribution < -0.4 is 11.1 Å². The van der Waals surface area contributed by atoms with Gasteiger partial charge >= 0.3 is 0 Å². The molecule has 0 unspecified atom stereocenters. The highest BCUT2D eigenvalue weighted by atomic mass is 16.5. The van der Waals surface area contributed by atoms with Crippen LogP contribution in [0.3, 0.4) is 0 Å². The van der Waals surface area contributed by atoms with Crippen LogP contribution in [-0.4, -0.2) is 26.6 Å². The van der Waals surface area contributed by atoms with Crippen molar-refractivity contribution < 1.29 is 9.32 Å². The minimum absolute atomic E-state index is 0.149. The fraction of sp³-hybridized carbons (Fsp3) is 0.429. The molecule has 1 amide bonds. The molecule has 2 aromatic rings. The Bertz CT molecular complexity index is 619. The molecule has 7 heteroatoms. The maximum atomic E-state index is 12.1. The van der Waals surface area contributed by atoms with Crippen LogP contribution in [-0.2, 0) is 11.3 Å². The number of aromatic nitrogens is 3. The molecule has 7 nitrogen and oxygen atoms in total. The fourth-order valence-electron chi connectivity index (χ4n) is 2.51. The van der Waals surface area contributed by atoms with E-state index in [9.17, 15) is 4.79 Å². The molecule has 3 N–H and O–H groups in total. The summed E-state index contributed by atoms with van der Waals surface area (Å²) in [7, 11) is 0. The van der Waals surface area contributed by atoms with E-state index in [0.29, 0.717) is 11.7 Å². The maximum absolute atomic E-state index is 12.1. The maximum Gasteiger partial charge on any atom is 0.246 e. The molecule has 2 aromatic heterocycles. The minimum atomic E-state index is -0.742.